The Morgan fingerprint density at radius 1 is 0.967 bits per heavy atom. The highest BCUT2D eigenvalue weighted by atomic mass is 16.5. The number of ether oxygens (including phenoxy) is 1. The van der Waals surface area contributed by atoms with Gasteiger partial charge in [0.2, 0.25) is 0 Å². The van der Waals surface area contributed by atoms with E-state index in [9.17, 15) is 14.7 Å². The number of nitrogens with zero attached hydrogens (tertiary/aromatic N) is 1. The highest BCUT2D eigenvalue weighted by molar-refractivity contribution is 6.01. The van der Waals surface area contributed by atoms with Crippen molar-refractivity contribution in [3.8, 4) is 5.75 Å². The van der Waals surface area contributed by atoms with Gasteiger partial charge < -0.3 is 24.9 Å². The van der Waals surface area contributed by atoms with Crippen LogP contribution in [-0.2, 0) is 11.2 Å². The van der Waals surface area contributed by atoms with Crippen LogP contribution in [0.2, 0.25) is 0 Å². The molecule has 1 amide bonds. The second-order valence-corrected chi connectivity index (χ2v) is 7.06. The van der Waals surface area contributed by atoms with Crippen molar-refractivity contribution in [2.45, 2.75) is 12.6 Å². The van der Waals surface area contributed by atoms with Gasteiger partial charge in [-0.25, -0.2) is 0 Å². The van der Waals surface area contributed by atoms with E-state index in [-0.39, 0.29) is 12.1 Å². The van der Waals surface area contributed by atoms with E-state index in [0.29, 0.717) is 17.9 Å². The van der Waals surface area contributed by atoms with Gasteiger partial charge in [0.15, 0.2) is 0 Å². The number of carbonyl (C=O) groups is 2. The van der Waals surface area contributed by atoms with Gasteiger partial charge in [-0.15, -0.1) is 0 Å². The molecule has 0 radical (unpaired) electrons. The van der Waals surface area contributed by atoms with Crippen molar-refractivity contribution in [3.05, 3.63) is 95.6 Å². The molecule has 0 spiro atoms. The summed E-state index contributed by atoms with van der Waals surface area (Å²) in [6.07, 6.45) is 0.394. The van der Waals surface area contributed by atoms with Crippen molar-refractivity contribution in [2.24, 2.45) is 0 Å². The van der Waals surface area contributed by atoms with E-state index in [4.69, 9.17) is 4.74 Å². The van der Waals surface area contributed by atoms with Crippen molar-refractivity contribution >= 4 is 17.6 Å². The molecule has 152 valence electrons. The number of anilines is 1. The largest absolute Gasteiger partial charge is 0.546 e. The van der Waals surface area contributed by atoms with E-state index in [1.807, 2.05) is 71.6 Å². The van der Waals surface area contributed by atoms with E-state index in [1.54, 1.807) is 12.1 Å². The Morgan fingerprint density at radius 3 is 2.40 bits per heavy atom. The van der Waals surface area contributed by atoms with Crippen LogP contribution in [0.15, 0.2) is 78.9 Å². The topological polar surface area (TPSA) is 81.7 Å². The monoisotopic (exact) mass is 401 g/mol. The van der Waals surface area contributed by atoms with Crippen molar-refractivity contribution in [1.29, 1.82) is 0 Å². The molecule has 0 aromatic heterocycles. The van der Waals surface area contributed by atoms with Crippen LogP contribution in [0.3, 0.4) is 0 Å². The molecule has 1 aliphatic heterocycles. The molecule has 1 atom stereocenters. The molecule has 0 unspecified atom stereocenters. The second kappa shape index (κ2) is 8.69. The minimum absolute atomic E-state index is 0.0254. The van der Waals surface area contributed by atoms with Gasteiger partial charge in [-0.05, 0) is 41.8 Å². The molecule has 0 fully saturated rings. The highest BCUT2D eigenvalue weighted by Crippen LogP contribution is 2.33. The molecule has 0 bridgehead atoms. The number of carbonyl (C=O) groups excluding carboxylic acids is 2. The molecule has 1 heterocycles. The SMILES string of the molecule is O=C([O-])COc1ccc([C@@H]2Nc3ccccc3C(=O)N2CCc2ccccc2)cc1. The van der Waals surface area contributed by atoms with E-state index in [0.717, 1.165) is 23.2 Å². The Morgan fingerprint density at radius 2 is 1.67 bits per heavy atom. The first-order valence-corrected chi connectivity index (χ1v) is 9.75. The Labute approximate surface area is 174 Å². The Bertz CT molecular complexity index is 1030. The van der Waals surface area contributed by atoms with Crippen LogP contribution in [0.1, 0.15) is 27.7 Å². The first-order chi connectivity index (χ1) is 14.6. The number of hydrogen-bond donors (Lipinski definition) is 1. The predicted octanol–water partition coefficient (Wildman–Crippen LogP) is 2.62. The zero-order valence-corrected chi connectivity index (χ0v) is 16.3. The van der Waals surface area contributed by atoms with Crippen LogP contribution in [0.5, 0.6) is 5.75 Å². The molecule has 6 nitrogen and oxygen atoms in total. The maximum atomic E-state index is 13.3. The van der Waals surface area contributed by atoms with Crippen LogP contribution < -0.4 is 15.2 Å². The minimum atomic E-state index is -1.28. The van der Waals surface area contributed by atoms with Gasteiger partial charge in [0.05, 0.1) is 11.5 Å². The minimum Gasteiger partial charge on any atom is -0.546 e. The van der Waals surface area contributed by atoms with Crippen molar-refractivity contribution < 1.29 is 19.4 Å². The molecule has 0 saturated carbocycles. The fraction of sp³-hybridized carbons (Fsp3) is 0.167. The predicted molar refractivity (Wildman–Crippen MR) is 111 cm³/mol. The third-order valence-corrected chi connectivity index (χ3v) is 5.06. The lowest BCUT2D eigenvalue weighted by Crippen LogP contribution is -2.43. The van der Waals surface area contributed by atoms with E-state index < -0.39 is 12.6 Å². The number of fused-ring (bicyclic) bond motifs is 1. The van der Waals surface area contributed by atoms with E-state index in [1.165, 1.54) is 0 Å². The van der Waals surface area contributed by atoms with Gasteiger partial charge in [0, 0.05) is 12.2 Å². The number of aliphatic carboxylic acids is 1. The van der Waals surface area contributed by atoms with Crippen LogP contribution >= 0.6 is 0 Å². The summed E-state index contributed by atoms with van der Waals surface area (Å²) >= 11 is 0. The molecule has 1 N–H and O–H groups in total. The van der Waals surface area contributed by atoms with Crippen LogP contribution in [0.4, 0.5) is 5.69 Å². The molecule has 1 aliphatic rings. The summed E-state index contributed by atoms with van der Waals surface area (Å²) in [4.78, 5) is 25.7. The van der Waals surface area contributed by atoms with Gasteiger partial charge in [-0.1, -0.05) is 54.6 Å². The van der Waals surface area contributed by atoms with E-state index in [2.05, 4.69) is 5.32 Å². The summed E-state index contributed by atoms with van der Waals surface area (Å²) in [5.74, 6) is -0.869. The summed E-state index contributed by atoms with van der Waals surface area (Å²) in [6.45, 7) is 0.0495. The Hall–Kier alpha value is -3.80. The lowest BCUT2D eigenvalue weighted by Gasteiger charge is -2.38. The Balaban J connectivity index is 1.59. The molecule has 3 aromatic carbocycles. The number of carboxylic acids is 1. The molecule has 0 saturated heterocycles. The number of hydrogen-bond acceptors (Lipinski definition) is 5. The third kappa shape index (κ3) is 4.27. The van der Waals surface area contributed by atoms with Gasteiger partial charge >= 0.3 is 0 Å². The summed E-state index contributed by atoms with van der Waals surface area (Å²) in [6, 6.07) is 24.6. The molecular formula is C24H21N2O4-. The Kier molecular flexibility index (Phi) is 5.66. The van der Waals surface area contributed by atoms with Crippen LogP contribution in [-0.4, -0.2) is 29.9 Å². The van der Waals surface area contributed by atoms with Gasteiger partial charge in [0.25, 0.3) is 5.91 Å². The maximum absolute atomic E-state index is 13.3. The molecule has 30 heavy (non-hydrogen) atoms. The first kappa shape index (κ1) is 19.5. The van der Waals surface area contributed by atoms with E-state index >= 15 is 0 Å². The van der Waals surface area contributed by atoms with Gasteiger partial charge in [-0.3, -0.25) is 4.79 Å². The highest BCUT2D eigenvalue weighted by Gasteiger charge is 2.32. The molecule has 0 aliphatic carbocycles. The normalized spacial score (nSPS) is 15.3. The van der Waals surface area contributed by atoms with Crippen molar-refractivity contribution in [3.63, 3.8) is 0 Å². The smallest absolute Gasteiger partial charge is 0.257 e. The second-order valence-electron chi connectivity index (χ2n) is 7.06. The van der Waals surface area contributed by atoms with Crippen LogP contribution in [0, 0.1) is 0 Å². The lowest BCUT2D eigenvalue weighted by molar-refractivity contribution is -0.307. The maximum Gasteiger partial charge on any atom is 0.257 e. The quantitative estimate of drug-likeness (QED) is 0.658. The molecule has 4 rings (SSSR count). The lowest BCUT2D eigenvalue weighted by atomic mass is 10.0. The fourth-order valence-corrected chi connectivity index (χ4v) is 3.57. The number of carboxylic acid groups (broad SMARTS) is 1. The van der Waals surface area contributed by atoms with Crippen molar-refractivity contribution in [2.75, 3.05) is 18.5 Å². The zero-order chi connectivity index (χ0) is 20.9. The average molecular weight is 401 g/mol. The molecule has 3 aromatic rings. The number of rotatable bonds is 7. The number of nitrogens with one attached hydrogen (secondary N) is 1. The summed E-state index contributed by atoms with van der Waals surface area (Å²) in [7, 11) is 0. The van der Waals surface area contributed by atoms with Crippen LogP contribution in [0.25, 0.3) is 0 Å². The van der Waals surface area contributed by atoms with Gasteiger partial charge in [0.1, 0.15) is 18.5 Å². The van der Waals surface area contributed by atoms with Gasteiger partial charge in [-0.2, -0.15) is 0 Å². The molecule has 6 heteroatoms. The summed E-state index contributed by atoms with van der Waals surface area (Å²) in [5.41, 5.74) is 3.48. The third-order valence-electron chi connectivity index (χ3n) is 5.06. The summed E-state index contributed by atoms with van der Waals surface area (Å²) < 4.78 is 5.16. The number of benzene rings is 3. The number of para-hydroxylation sites is 1. The molecular weight excluding hydrogens is 380 g/mol. The summed E-state index contributed by atoms with van der Waals surface area (Å²) in [5, 5.41) is 14.0. The fourth-order valence-electron chi connectivity index (χ4n) is 3.57. The van der Waals surface area contributed by atoms with Crippen molar-refractivity contribution in [1.82, 2.24) is 4.90 Å². The average Bonchev–Trinajstić information content (AvgIpc) is 2.78. The first-order valence-electron chi connectivity index (χ1n) is 9.75. The zero-order valence-electron chi connectivity index (χ0n) is 16.3. The standard InChI is InChI=1S/C24H22N2O4/c27-22(28)16-30-19-12-10-18(11-13-19)23-25-21-9-5-4-8-20(21)24(29)26(23)15-14-17-6-2-1-3-7-17/h1-13,23,25H,14-16H2,(H,27,28)/p-1/t23-/m1/s1. The number of amides is 1.